The van der Waals surface area contributed by atoms with E-state index in [1.54, 1.807) is 0 Å². The zero-order valence-corrected chi connectivity index (χ0v) is 20.1. The van der Waals surface area contributed by atoms with E-state index < -0.39 is 24.7 Å². The minimum atomic E-state index is -2.83. The number of halogens is 3. The monoisotopic (exact) mass is 507 g/mol. The summed E-state index contributed by atoms with van der Waals surface area (Å²) in [5.41, 5.74) is 0.513. The summed E-state index contributed by atoms with van der Waals surface area (Å²) in [4.78, 5) is 20.0. The van der Waals surface area contributed by atoms with E-state index in [0.29, 0.717) is 11.0 Å². The highest BCUT2D eigenvalue weighted by Gasteiger charge is 2.19. The van der Waals surface area contributed by atoms with E-state index in [1.165, 1.54) is 50.9 Å². The number of carbonyl (C=O) groups excluding carboxylic acids is 1. The zero-order valence-electron chi connectivity index (χ0n) is 18.4. The first kappa shape index (κ1) is 25.1. The molecule has 3 rings (SSSR count). The minimum Gasteiger partial charge on any atom is -0.494 e. The third kappa shape index (κ3) is 5.89. The van der Waals surface area contributed by atoms with E-state index in [1.807, 2.05) is 0 Å². The summed E-state index contributed by atoms with van der Waals surface area (Å²) >= 11 is 6.24. The van der Waals surface area contributed by atoms with Crippen molar-refractivity contribution in [3.63, 3.8) is 0 Å². The lowest BCUT2D eigenvalue weighted by Crippen LogP contribution is -2.12. The van der Waals surface area contributed by atoms with Gasteiger partial charge in [-0.3, -0.25) is 4.79 Å². The van der Waals surface area contributed by atoms with Gasteiger partial charge in [0.05, 0.1) is 30.4 Å². The number of aromatic nitrogens is 2. The van der Waals surface area contributed by atoms with E-state index in [0.717, 1.165) is 12.1 Å². The first-order chi connectivity index (χ1) is 16.0. The zero-order chi connectivity index (χ0) is 25.0. The average molecular weight is 508 g/mol. The number of ether oxygens (including phenoxy) is 1. The highest BCUT2D eigenvalue weighted by Crippen LogP contribution is 2.39. The molecule has 0 saturated heterocycles. The molecule has 3 N–H and O–H groups in total. The molecule has 0 atom stereocenters. The number of nitrogens with zero attached hydrogens (tertiary/aromatic N) is 2. The van der Waals surface area contributed by atoms with Gasteiger partial charge in [-0.2, -0.15) is 4.98 Å². The highest BCUT2D eigenvalue weighted by atomic mass is 35.5. The lowest BCUT2D eigenvalue weighted by Gasteiger charge is -2.17. The maximum Gasteiger partial charge on any atom is 0.247 e. The molecule has 0 aliphatic heterocycles. The van der Waals surface area contributed by atoms with Crippen molar-refractivity contribution in [1.82, 2.24) is 9.97 Å². The summed E-state index contributed by atoms with van der Waals surface area (Å²) in [7, 11) is -1.49. The number of hydrogen-bond acceptors (Lipinski definition) is 7. The Balaban J connectivity index is 1.97. The van der Waals surface area contributed by atoms with Gasteiger partial charge in [-0.25, -0.2) is 13.8 Å². The topological polar surface area (TPSA) is 105 Å². The summed E-state index contributed by atoms with van der Waals surface area (Å²) in [6, 6.07) is 6.25. The van der Waals surface area contributed by atoms with Gasteiger partial charge < -0.3 is 25.3 Å². The van der Waals surface area contributed by atoms with E-state index in [2.05, 4.69) is 32.5 Å². The molecule has 34 heavy (non-hydrogen) atoms. The van der Waals surface area contributed by atoms with Crippen molar-refractivity contribution < 1.29 is 22.9 Å². The van der Waals surface area contributed by atoms with Crippen molar-refractivity contribution >= 4 is 58.8 Å². The molecule has 1 aromatic heterocycles. The van der Waals surface area contributed by atoms with E-state index in [4.69, 9.17) is 16.3 Å². The van der Waals surface area contributed by atoms with Crippen LogP contribution in [0, 0.1) is 11.6 Å². The summed E-state index contributed by atoms with van der Waals surface area (Å²) in [6.45, 7) is 6.37. The second-order valence-electron chi connectivity index (χ2n) is 7.38. The summed E-state index contributed by atoms with van der Waals surface area (Å²) in [5, 5.41) is 8.64. The molecule has 178 valence electrons. The molecule has 0 bridgehead atoms. The third-order valence-electron chi connectivity index (χ3n) is 4.52. The fraction of sp³-hybridized carbons (Fsp3) is 0.136. The van der Waals surface area contributed by atoms with Crippen molar-refractivity contribution in [3.05, 3.63) is 65.8 Å². The van der Waals surface area contributed by atoms with Gasteiger partial charge in [0.15, 0.2) is 11.6 Å². The molecule has 0 radical (unpaired) electrons. The number of hydrogen-bond donors (Lipinski definition) is 3. The summed E-state index contributed by atoms with van der Waals surface area (Å²) in [5.74, 6) is -1.50. The SMILES string of the molecule is C=CC(=O)Nc1cc(Nc2ncc(Cl)c(Nc3ccc(F)cc3P(C)(C)=O)n2)c(OC)cc1F. The van der Waals surface area contributed by atoms with Crippen LogP contribution in [-0.2, 0) is 9.36 Å². The Morgan fingerprint density at radius 1 is 1.15 bits per heavy atom. The quantitative estimate of drug-likeness (QED) is 0.281. The molecule has 0 fully saturated rings. The van der Waals surface area contributed by atoms with Gasteiger partial charge >= 0.3 is 0 Å². The molecule has 0 unspecified atom stereocenters. The van der Waals surface area contributed by atoms with E-state index >= 15 is 0 Å². The molecule has 0 spiro atoms. The van der Waals surface area contributed by atoms with Crippen LogP contribution >= 0.6 is 18.7 Å². The lowest BCUT2D eigenvalue weighted by atomic mass is 10.2. The Morgan fingerprint density at radius 2 is 1.88 bits per heavy atom. The molecule has 8 nitrogen and oxygen atoms in total. The Morgan fingerprint density at radius 3 is 2.53 bits per heavy atom. The van der Waals surface area contributed by atoms with Crippen molar-refractivity contribution in [1.29, 1.82) is 0 Å². The molecule has 1 heterocycles. The average Bonchev–Trinajstić information content (AvgIpc) is 2.78. The predicted octanol–water partition coefficient (Wildman–Crippen LogP) is 5.28. The molecule has 2 aromatic carbocycles. The lowest BCUT2D eigenvalue weighted by molar-refractivity contribution is -0.111. The Kier molecular flexibility index (Phi) is 7.54. The number of carbonyl (C=O) groups is 1. The minimum absolute atomic E-state index is 0.0534. The molecular weight excluding hydrogens is 487 g/mol. The van der Waals surface area contributed by atoms with Crippen LogP contribution in [0.1, 0.15) is 0 Å². The number of methoxy groups -OCH3 is 1. The van der Waals surface area contributed by atoms with Crippen molar-refractivity contribution in [2.45, 2.75) is 0 Å². The van der Waals surface area contributed by atoms with Crippen molar-refractivity contribution in [2.75, 3.05) is 36.4 Å². The van der Waals surface area contributed by atoms with Gasteiger partial charge in [0.25, 0.3) is 0 Å². The molecule has 1 amide bonds. The number of amides is 1. The molecule has 0 saturated carbocycles. The smallest absolute Gasteiger partial charge is 0.247 e. The number of nitrogens with one attached hydrogen (secondary N) is 3. The predicted molar refractivity (Wildman–Crippen MR) is 131 cm³/mol. The van der Waals surface area contributed by atoms with Gasteiger partial charge in [-0.15, -0.1) is 0 Å². The highest BCUT2D eigenvalue weighted by molar-refractivity contribution is 7.70. The first-order valence-electron chi connectivity index (χ1n) is 9.74. The van der Waals surface area contributed by atoms with Crippen LogP contribution in [-0.4, -0.2) is 36.3 Å². The molecule has 12 heteroatoms. The van der Waals surface area contributed by atoms with Crippen LogP contribution in [0.3, 0.4) is 0 Å². The van der Waals surface area contributed by atoms with Crippen LogP contribution in [0.25, 0.3) is 0 Å². The van der Waals surface area contributed by atoms with Crippen LogP contribution < -0.4 is 26.0 Å². The molecular formula is C22H21ClF2N5O3P. The second-order valence-corrected chi connectivity index (χ2v) is 11.0. The number of benzene rings is 2. The Hall–Kier alpha value is -3.49. The van der Waals surface area contributed by atoms with Gasteiger partial charge in [0.2, 0.25) is 11.9 Å². The van der Waals surface area contributed by atoms with Crippen LogP contribution in [0.2, 0.25) is 5.02 Å². The van der Waals surface area contributed by atoms with Crippen LogP contribution in [0.4, 0.5) is 37.6 Å². The fourth-order valence-electron chi connectivity index (χ4n) is 2.92. The van der Waals surface area contributed by atoms with Crippen LogP contribution in [0.15, 0.2) is 49.2 Å². The van der Waals surface area contributed by atoms with Gasteiger partial charge in [0.1, 0.15) is 23.7 Å². The third-order valence-corrected chi connectivity index (χ3v) is 6.32. The second kappa shape index (κ2) is 10.2. The van der Waals surface area contributed by atoms with Crippen molar-refractivity contribution in [3.8, 4) is 5.75 Å². The summed E-state index contributed by atoms with van der Waals surface area (Å²) in [6.07, 6.45) is 2.32. The van der Waals surface area contributed by atoms with Gasteiger partial charge in [-0.1, -0.05) is 18.2 Å². The molecule has 3 aromatic rings. The first-order valence-corrected chi connectivity index (χ1v) is 12.7. The number of anilines is 5. The largest absolute Gasteiger partial charge is 0.494 e. The maximum absolute atomic E-state index is 14.3. The van der Waals surface area contributed by atoms with E-state index in [9.17, 15) is 18.1 Å². The normalized spacial score (nSPS) is 11.0. The van der Waals surface area contributed by atoms with Gasteiger partial charge in [-0.05, 0) is 43.7 Å². The van der Waals surface area contributed by atoms with Crippen molar-refractivity contribution in [2.24, 2.45) is 0 Å². The molecule has 0 aliphatic carbocycles. The fourth-order valence-corrected chi connectivity index (χ4v) is 4.20. The number of rotatable bonds is 8. The Labute approximate surface area is 199 Å². The van der Waals surface area contributed by atoms with E-state index in [-0.39, 0.29) is 33.9 Å². The maximum atomic E-state index is 14.3. The van der Waals surface area contributed by atoms with Crippen LogP contribution in [0.5, 0.6) is 5.75 Å². The Bertz CT molecular complexity index is 1320. The molecule has 0 aliphatic rings. The standard InChI is InChI=1S/C22H21ClF2N5O3P/c1-5-20(31)27-16-10-17(18(33-2)9-14(16)25)29-22-26-11-13(23)21(30-22)28-15-7-6-12(24)8-19(15)34(3,4)32/h5-11H,1H2,2-4H3,(H,27,31)(H2,26,28,29,30). The summed E-state index contributed by atoms with van der Waals surface area (Å²) < 4.78 is 45.9. The van der Waals surface area contributed by atoms with Gasteiger partial charge in [0, 0.05) is 11.4 Å².